The fourth-order valence-electron chi connectivity index (χ4n) is 2.84. The zero-order valence-corrected chi connectivity index (χ0v) is 14.6. The standard InChI is InChI=1S/C17H13BrFN3O3/c18-14-6-5-13(24-14)17-20-16(21-25-17)11-7-15(23)22(9-11)8-10-1-3-12(19)4-2-10/h1-6,11H,7-9H2. The molecule has 1 amide bonds. The van der Waals surface area contributed by atoms with Crippen molar-refractivity contribution in [2.45, 2.75) is 18.9 Å². The summed E-state index contributed by atoms with van der Waals surface area (Å²) in [7, 11) is 0. The largest absolute Gasteiger partial charge is 0.444 e. The molecule has 1 saturated heterocycles. The van der Waals surface area contributed by atoms with Crippen LogP contribution in [0.15, 0.2) is 50.0 Å². The third kappa shape index (κ3) is 3.34. The van der Waals surface area contributed by atoms with Gasteiger partial charge in [-0.15, -0.1) is 0 Å². The maximum absolute atomic E-state index is 13.0. The lowest BCUT2D eigenvalue weighted by Crippen LogP contribution is -2.24. The van der Waals surface area contributed by atoms with E-state index >= 15 is 0 Å². The Morgan fingerprint density at radius 2 is 2.04 bits per heavy atom. The van der Waals surface area contributed by atoms with Gasteiger partial charge in [0.15, 0.2) is 16.3 Å². The third-order valence-corrected chi connectivity index (χ3v) is 4.52. The van der Waals surface area contributed by atoms with E-state index in [2.05, 4.69) is 26.1 Å². The highest BCUT2D eigenvalue weighted by atomic mass is 79.9. The van der Waals surface area contributed by atoms with E-state index in [1.165, 1.54) is 12.1 Å². The Kier molecular flexibility index (Phi) is 4.12. The number of aromatic nitrogens is 2. The lowest BCUT2D eigenvalue weighted by Gasteiger charge is -2.16. The first-order valence-electron chi connectivity index (χ1n) is 7.70. The van der Waals surface area contributed by atoms with Gasteiger partial charge < -0.3 is 13.8 Å². The summed E-state index contributed by atoms with van der Waals surface area (Å²) in [4.78, 5) is 18.3. The number of nitrogens with zero attached hydrogens (tertiary/aromatic N) is 3. The van der Waals surface area contributed by atoms with Crippen molar-refractivity contribution in [3.8, 4) is 11.7 Å². The Morgan fingerprint density at radius 1 is 1.24 bits per heavy atom. The molecule has 1 unspecified atom stereocenters. The van der Waals surface area contributed by atoms with Gasteiger partial charge in [-0.1, -0.05) is 17.3 Å². The maximum Gasteiger partial charge on any atom is 0.293 e. The Bertz CT molecular complexity index is 906. The van der Waals surface area contributed by atoms with Crippen molar-refractivity contribution in [3.63, 3.8) is 0 Å². The molecule has 128 valence electrons. The van der Waals surface area contributed by atoms with E-state index in [4.69, 9.17) is 8.94 Å². The number of hydrogen-bond acceptors (Lipinski definition) is 5. The van der Waals surface area contributed by atoms with Crippen LogP contribution in [0.2, 0.25) is 0 Å². The molecular formula is C17H13BrFN3O3. The molecule has 0 aliphatic carbocycles. The molecule has 1 atom stereocenters. The van der Waals surface area contributed by atoms with Crippen LogP contribution in [0.3, 0.4) is 0 Å². The zero-order chi connectivity index (χ0) is 17.4. The molecule has 1 fully saturated rings. The van der Waals surface area contributed by atoms with Crippen LogP contribution in [0.5, 0.6) is 0 Å². The van der Waals surface area contributed by atoms with Crippen molar-refractivity contribution in [1.82, 2.24) is 15.0 Å². The van der Waals surface area contributed by atoms with Crippen molar-refractivity contribution in [1.29, 1.82) is 0 Å². The minimum Gasteiger partial charge on any atom is -0.444 e. The highest BCUT2D eigenvalue weighted by Gasteiger charge is 2.34. The molecule has 0 bridgehead atoms. The van der Waals surface area contributed by atoms with Crippen molar-refractivity contribution in [2.75, 3.05) is 6.54 Å². The molecule has 0 spiro atoms. The van der Waals surface area contributed by atoms with Crippen molar-refractivity contribution in [2.24, 2.45) is 0 Å². The van der Waals surface area contributed by atoms with E-state index in [9.17, 15) is 9.18 Å². The number of halogens is 2. The number of carbonyl (C=O) groups is 1. The second-order valence-electron chi connectivity index (χ2n) is 5.86. The SMILES string of the molecule is O=C1CC(c2noc(-c3ccc(Br)o3)n2)CN1Cc1ccc(F)cc1. The predicted octanol–water partition coefficient (Wildman–Crippen LogP) is 3.75. The minimum atomic E-state index is -0.293. The van der Waals surface area contributed by atoms with Gasteiger partial charge in [0.05, 0.1) is 0 Å². The average molecular weight is 406 g/mol. The van der Waals surface area contributed by atoms with Gasteiger partial charge in [0.1, 0.15) is 5.82 Å². The topological polar surface area (TPSA) is 72.4 Å². The van der Waals surface area contributed by atoms with Crippen LogP contribution in [0.25, 0.3) is 11.7 Å². The molecule has 3 heterocycles. The second-order valence-corrected chi connectivity index (χ2v) is 6.64. The summed E-state index contributed by atoms with van der Waals surface area (Å²) in [5.74, 6) is 0.823. The maximum atomic E-state index is 13.0. The van der Waals surface area contributed by atoms with E-state index in [1.54, 1.807) is 29.2 Å². The zero-order valence-electron chi connectivity index (χ0n) is 13.0. The van der Waals surface area contributed by atoms with Crippen LogP contribution in [0.1, 0.15) is 23.7 Å². The van der Waals surface area contributed by atoms with Gasteiger partial charge in [-0.05, 0) is 45.8 Å². The lowest BCUT2D eigenvalue weighted by atomic mass is 10.1. The van der Waals surface area contributed by atoms with Crippen LogP contribution in [0, 0.1) is 5.82 Å². The van der Waals surface area contributed by atoms with Gasteiger partial charge >= 0.3 is 0 Å². The van der Waals surface area contributed by atoms with Crippen molar-refractivity contribution in [3.05, 3.63) is 58.3 Å². The Morgan fingerprint density at radius 3 is 2.76 bits per heavy atom. The lowest BCUT2D eigenvalue weighted by molar-refractivity contribution is -0.128. The number of benzene rings is 1. The molecule has 1 aliphatic heterocycles. The first-order chi connectivity index (χ1) is 12.1. The molecule has 6 nitrogen and oxygen atoms in total. The number of carbonyl (C=O) groups excluding carboxylic acids is 1. The van der Waals surface area contributed by atoms with Gasteiger partial charge in [0.25, 0.3) is 5.89 Å². The summed E-state index contributed by atoms with van der Waals surface area (Å²) in [5, 5.41) is 3.98. The highest BCUT2D eigenvalue weighted by molar-refractivity contribution is 9.10. The number of furan rings is 1. The normalized spacial score (nSPS) is 17.4. The number of hydrogen-bond donors (Lipinski definition) is 0. The Balaban J connectivity index is 1.47. The smallest absolute Gasteiger partial charge is 0.293 e. The molecule has 0 radical (unpaired) electrons. The fraction of sp³-hybridized carbons (Fsp3) is 0.235. The van der Waals surface area contributed by atoms with E-state index in [-0.39, 0.29) is 23.5 Å². The highest BCUT2D eigenvalue weighted by Crippen LogP contribution is 2.30. The molecule has 8 heteroatoms. The average Bonchev–Trinajstić information content (AvgIpc) is 3.30. The number of likely N-dealkylation sites (tertiary alicyclic amines) is 1. The van der Waals surface area contributed by atoms with E-state index in [0.29, 0.717) is 35.8 Å². The summed E-state index contributed by atoms with van der Waals surface area (Å²) in [6.07, 6.45) is 0.321. The Labute approximate surface area is 150 Å². The Hall–Kier alpha value is -2.48. The molecular weight excluding hydrogens is 393 g/mol. The van der Waals surface area contributed by atoms with Gasteiger partial charge in [-0.3, -0.25) is 4.79 Å². The third-order valence-electron chi connectivity index (χ3n) is 4.09. The van der Waals surface area contributed by atoms with Crippen molar-refractivity contribution >= 4 is 21.8 Å². The number of rotatable bonds is 4. The molecule has 2 aromatic heterocycles. The van der Waals surface area contributed by atoms with Gasteiger partial charge in [-0.25, -0.2) is 4.39 Å². The van der Waals surface area contributed by atoms with Crippen LogP contribution in [-0.2, 0) is 11.3 Å². The van der Waals surface area contributed by atoms with Crippen LogP contribution >= 0.6 is 15.9 Å². The van der Waals surface area contributed by atoms with E-state index < -0.39 is 0 Å². The molecule has 1 aliphatic rings. The molecule has 1 aromatic carbocycles. The summed E-state index contributed by atoms with van der Waals surface area (Å²) in [6.45, 7) is 0.933. The van der Waals surface area contributed by atoms with E-state index in [1.807, 2.05) is 0 Å². The van der Waals surface area contributed by atoms with Gasteiger partial charge in [0, 0.05) is 25.4 Å². The summed E-state index contributed by atoms with van der Waals surface area (Å²) >= 11 is 3.22. The fourth-order valence-corrected chi connectivity index (χ4v) is 3.14. The van der Waals surface area contributed by atoms with Crippen molar-refractivity contribution < 1.29 is 18.1 Å². The quantitative estimate of drug-likeness (QED) is 0.660. The first kappa shape index (κ1) is 16.0. The minimum absolute atomic E-state index is 0.0152. The monoisotopic (exact) mass is 405 g/mol. The van der Waals surface area contributed by atoms with Crippen LogP contribution in [0.4, 0.5) is 4.39 Å². The van der Waals surface area contributed by atoms with Crippen LogP contribution < -0.4 is 0 Å². The summed E-state index contributed by atoms with van der Waals surface area (Å²) in [6, 6.07) is 9.60. The van der Waals surface area contributed by atoms with E-state index in [0.717, 1.165) is 5.56 Å². The second kappa shape index (κ2) is 6.44. The van der Waals surface area contributed by atoms with Gasteiger partial charge in [0.2, 0.25) is 5.91 Å². The van der Waals surface area contributed by atoms with Crippen LogP contribution in [-0.4, -0.2) is 27.5 Å². The molecule has 25 heavy (non-hydrogen) atoms. The first-order valence-corrected chi connectivity index (χ1v) is 8.49. The van der Waals surface area contributed by atoms with Gasteiger partial charge in [-0.2, -0.15) is 4.98 Å². The molecule has 4 rings (SSSR count). The molecule has 3 aromatic rings. The summed E-state index contributed by atoms with van der Waals surface area (Å²) < 4.78 is 24.2. The molecule has 0 saturated carbocycles. The predicted molar refractivity (Wildman–Crippen MR) is 88.9 cm³/mol. The number of amides is 1. The molecule has 0 N–H and O–H groups in total. The summed E-state index contributed by atoms with van der Waals surface area (Å²) in [5.41, 5.74) is 0.879.